The van der Waals surface area contributed by atoms with Crippen molar-refractivity contribution in [3.8, 4) is 0 Å². The van der Waals surface area contributed by atoms with Gasteiger partial charge in [-0.05, 0) is 116 Å². The van der Waals surface area contributed by atoms with Gasteiger partial charge in [0.15, 0.2) is 43.3 Å². The number of carbonyl (C=O) groups is 4. The molecule has 4 saturated heterocycles. The molecule has 9 aliphatic rings. The van der Waals surface area contributed by atoms with Gasteiger partial charge in [-0.15, -0.1) is 0 Å². The molecule has 4 heterocycles. The molecule has 0 aromatic heterocycles. The third kappa shape index (κ3) is 10.7. The highest BCUT2D eigenvalue weighted by atomic mass is 16.8. The van der Waals surface area contributed by atoms with Gasteiger partial charge in [-0.3, -0.25) is 14.4 Å². The summed E-state index contributed by atoms with van der Waals surface area (Å²) in [5.41, 5.74) is -1.55. The van der Waals surface area contributed by atoms with Gasteiger partial charge in [-0.2, -0.15) is 0 Å². The molecule has 0 amide bonds. The van der Waals surface area contributed by atoms with E-state index in [1.54, 1.807) is 0 Å². The van der Waals surface area contributed by atoms with Crippen LogP contribution in [-0.2, 0) is 66.5 Å². The topological polar surface area (TPSA) is 363 Å². The molecule has 0 bridgehead atoms. The van der Waals surface area contributed by atoms with E-state index in [1.807, 2.05) is 0 Å². The number of aliphatic hydroxyl groups is 9. The van der Waals surface area contributed by atoms with Crippen molar-refractivity contribution in [2.45, 2.75) is 256 Å². The molecule has 8 fully saturated rings. The van der Waals surface area contributed by atoms with Crippen molar-refractivity contribution in [3.05, 3.63) is 11.6 Å². The fourth-order valence-corrected chi connectivity index (χ4v) is 16.8. The van der Waals surface area contributed by atoms with Crippen LogP contribution in [0.1, 0.15) is 133 Å². The molecule has 4 saturated carbocycles. The molecule has 9 rings (SSSR count). The lowest BCUT2D eigenvalue weighted by Crippen LogP contribution is -2.67. The Labute approximate surface area is 471 Å². The van der Waals surface area contributed by atoms with Gasteiger partial charge in [0.05, 0.1) is 30.8 Å². The average molecular weight is 1160 g/mol. The third-order valence-electron chi connectivity index (χ3n) is 21.5. The van der Waals surface area contributed by atoms with Crippen LogP contribution in [0.2, 0.25) is 0 Å². The number of carboxylic acid groups (broad SMARTS) is 1. The van der Waals surface area contributed by atoms with Crippen molar-refractivity contribution in [1.29, 1.82) is 0 Å². The minimum Gasteiger partial charge on any atom is -0.479 e. The van der Waals surface area contributed by atoms with Gasteiger partial charge in [0, 0.05) is 13.8 Å². The van der Waals surface area contributed by atoms with Crippen LogP contribution in [0.5, 0.6) is 0 Å². The van der Waals surface area contributed by atoms with Crippen LogP contribution in [0.15, 0.2) is 11.6 Å². The largest absolute Gasteiger partial charge is 0.479 e. The van der Waals surface area contributed by atoms with E-state index in [1.165, 1.54) is 12.5 Å². The fourth-order valence-electron chi connectivity index (χ4n) is 16.8. The van der Waals surface area contributed by atoms with Crippen LogP contribution in [-0.4, -0.2) is 211 Å². The van der Waals surface area contributed by atoms with Crippen molar-refractivity contribution < 1.29 is 118 Å². The number of hydrogen-bond acceptors (Lipinski definition) is 23. The summed E-state index contributed by atoms with van der Waals surface area (Å²) in [5, 5.41) is 109. The van der Waals surface area contributed by atoms with E-state index in [2.05, 4.69) is 54.5 Å². The summed E-state index contributed by atoms with van der Waals surface area (Å²) in [6.07, 6.45) is -22.9. The first-order valence-corrected chi connectivity index (χ1v) is 28.9. The SMILES string of the molecule is CC(=O)OC1COC(OC2C(OC(=O)C34CCC(C)(C)CC3C3=CCC5C6(C)CCC(OC7OC(C(=O)O)C(O)C(OC8OC(C)C(O)C(O)C8O)C7O)C(C)(C)C6CCC5(C)C3(C)CC4)OC(CO)C(O)C2O)C(O)C1OC(C)=O. The molecule has 27 atom stereocenters. The van der Waals surface area contributed by atoms with E-state index in [9.17, 15) is 65.4 Å². The highest BCUT2D eigenvalue weighted by Gasteiger charge is 2.70. The van der Waals surface area contributed by atoms with Crippen LogP contribution in [0.25, 0.3) is 0 Å². The van der Waals surface area contributed by atoms with Crippen LogP contribution in [0, 0.1) is 50.2 Å². The van der Waals surface area contributed by atoms with Gasteiger partial charge in [0.25, 0.3) is 0 Å². The molecule has 27 unspecified atom stereocenters. The number of aliphatic hydroxyl groups excluding tert-OH is 9. The highest BCUT2D eigenvalue weighted by molar-refractivity contribution is 5.79. The second-order valence-electron chi connectivity index (χ2n) is 27.0. The number of allylic oxidation sites excluding steroid dienone is 2. The van der Waals surface area contributed by atoms with Crippen molar-refractivity contribution in [1.82, 2.24) is 0 Å². The van der Waals surface area contributed by atoms with Crippen LogP contribution >= 0.6 is 0 Å². The Balaban J connectivity index is 0.950. The molecular formula is C57H88O24. The predicted octanol–water partition coefficient (Wildman–Crippen LogP) is 0.865. The number of esters is 3. The molecular weight excluding hydrogens is 1070 g/mol. The summed E-state index contributed by atoms with van der Waals surface area (Å²) in [7, 11) is 0. The molecule has 10 N–H and O–H groups in total. The van der Waals surface area contributed by atoms with E-state index >= 15 is 4.79 Å². The zero-order valence-corrected chi connectivity index (χ0v) is 48.0. The van der Waals surface area contributed by atoms with Crippen LogP contribution in [0.3, 0.4) is 0 Å². The molecule has 0 spiro atoms. The normalized spacial score (nSPS) is 50.2. The van der Waals surface area contributed by atoms with Crippen molar-refractivity contribution in [3.63, 3.8) is 0 Å². The highest BCUT2D eigenvalue weighted by Crippen LogP contribution is 2.76. The van der Waals surface area contributed by atoms with Crippen LogP contribution in [0.4, 0.5) is 0 Å². The van der Waals surface area contributed by atoms with Crippen molar-refractivity contribution in [2.24, 2.45) is 50.2 Å². The van der Waals surface area contributed by atoms with Gasteiger partial charge in [0.1, 0.15) is 61.0 Å². The lowest BCUT2D eigenvalue weighted by Gasteiger charge is -2.71. The van der Waals surface area contributed by atoms with Gasteiger partial charge in [-0.25, -0.2) is 4.79 Å². The summed E-state index contributed by atoms with van der Waals surface area (Å²) in [5.74, 6) is -3.75. The van der Waals surface area contributed by atoms with Crippen molar-refractivity contribution in [2.75, 3.05) is 13.2 Å². The quantitative estimate of drug-likeness (QED) is 0.0561. The number of aliphatic carboxylic acids is 1. The maximum atomic E-state index is 15.4. The molecule has 460 valence electrons. The third-order valence-corrected chi connectivity index (χ3v) is 21.5. The molecule has 81 heavy (non-hydrogen) atoms. The molecule has 24 nitrogen and oxygen atoms in total. The molecule has 5 aliphatic carbocycles. The molecule has 24 heteroatoms. The zero-order valence-electron chi connectivity index (χ0n) is 48.0. The Morgan fingerprint density at radius 3 is 1.91 bits per heavy atom. The monoisotopic (exact) mass is 1160 g/mol. The molecule has 0 radical (unpaired) electrons. The number of carbonyl (C=O) groups excluding carboxylic acids is 3. The Hall–Kier alpha value is -3.02. The zero-order chi connectivity index (χ0) is 59.4. The van der Waals surface area contributed by atoms with Gasteiger partial charge >= 0.3 is 23.9 Å². The lowest BCUT2D eigenvalue weighted by atomic mass is 9.33. The van der Waals surface area contributed by atoms with E-state index in [-0.39, 0.29) is 34.0 Å². The number of ether oxygens (including phenoxy) is 10. The Morgan fingerprint density at radius 2 is 1.26 bits per heavy atom. The smallest absolute Gasteiger partial charge is 0.335 e. The maximum absolute atomic E-state index is 15.4. The first-order valence-electron chi connectivity index (χ1n) is 28.9. The number of fused-ring (bicyclic) bond motifs is 7. The first kappa shape index (κ1) is 62.5. The van der Waals surface area contributed by atoms with E-state index in [4.69, 9.17) is 47.4 Å². The summed E-state index contributed by atoms with van der Waals surface area (Å²) in [6.45, 7) is 18.2. The Bertz CT molecular complexity index is 2370. The van der Waals surface area contributed by atoms with Crippen LogP contribution < -0.4 is 0 Å². The van der Waals surface area contributed by atoms with E-state index in [0.717, 1.165) is 26.7 Å². The van der Waals surface area contributed by atoms with Gasteiger partial charge in [-0.1, -0.05) is 60.1 Å². The minimum atomic E-state index is -1.94. The van der Waals surface area contributed by atoms with Gasteiger partial charge < -0.3 is 98.4 Å². The number of hydrogen-bond donors (Lipinski definition) is 10. The fraction of sp³-hybridized carbons (Fsp3) is 0.895. The predicted molar refractivity (Wildman–Crippen MR) is 275 cm³/mol. The summed E-state index contributed by atoms with van der Waals surface area (Å²) < 4.78 is 58.7. The first-order chi connectivity index (χ1) is 37.8. The standard InChI is InChI=1S/C57H88O24/c1-24-34(61)36(63)38(65)48(73-24)78-43-39(66)44(46(69)70)79-49(41(43)68)77-33-14-15-54(8)31(53(33,6)7)13-16-56(10)32(54)12-11-27-28-21-52(4,5)17-19-57(28,20-18-55(27,56)9)51(71)81-50-45(37(64)35(62)29(22-58)76-50)80-47-40(67)42(75-26(3)60)30(23-72-47)74-25(2)59/h11,24,28-45,47-50,58,61-68H,12-23H2,1-10H3,(H,69,70). The second kappa shape index (κ2) is 22.7. The van der Waals surface area contributed by atoms with E-state index in [0.29, 0.717) is 51.4 Å². The molecule has 0 aromatic carbocycles. The maximum Gasteiger partial charge on any atom is 0.335 e. The number of rotatable bonds is 12. The Kier molecular flexibility index (Phi) is 17.5. The molecule has 4 aliphatic heterocycles. The number of carboxylic acids is 1. The van der Waals surface area contributed by atoms with Gasteiger partial charge in [0.2, 0.25) is 6.29 Å². The Morgan fingerprint density at radius 1 is 0.617 bits per heavy atom. The average Bonchev–Trinajstić information content (AvgIpc) is 3.57. The lowest BCUT2D eigenvalue weighted by molar-refractivity contribution is -0.363. The van der Waals surface area contributed by atoms with E-state index < -0.39 is 176 Å². The summed E-state index contributed by atoms with van der Waals surface area (Å²) in [6, 6.07) is 0. The molecule has 0 aromatic rings. The second-order valence-corrected chi connectivity index (χ2v) is 27.0. The minimum absolute atomic E-state index is 0.0609. The summed E-state index contributed by atoms with van der Waals surface area (Å²) >= 11 is 0. The summed E-state index contributed by atoms with van der Waals surface area (Å²) in [4.78, 5) is 51.9. The van der Waals surface area contributed by atoms with Crippen molar-refractivity contribution >= 4 is 23.9 Å².